The molecule has 35 heavy (non-hydrogen) atoms. The van der Waals surface area contributed by atoms with Crippen molar-refractivity contribution in [2.24, 2.45) is 5.92 Å². The third-order valence-electron chi connectivity index (χ3n) is 6.26. The van der Waals surface area contributed by atoms with E-state index >= 15 is 0 Å². The fraction of sp³-hybridized carbons (Fsp3) is 0.192. The first kappa shape index (κ1) is 22.8. The zero-order valence-corrected chi connectivity index (χ0v) is 19.6. The molecule has 9 heteroatoms. The predicted molar refractivity (Wildman–Crippen MR) is 132 cm³/mol. The number of carbonyl (C=O) groups is 1. The predicted octanol–water partition coefficient (Wildman–Crippen LogP) is 3.94. The second-order valence-corrected chi connectivity index (χ2v) is 10.3. The molecule has 8 nitrogen and oxygen atoms in total. The smallest absolute Gasteiger partial charge is 0.243 e. The fourth-order valence-electron chi connectivity index (χ4n) is 4.37. The average Bonchev–Trinajstić information content (AvgIpc) is 3.27. The lowest BCUT2D eigenvalue weighted by Gasteiger charge is -2.30. The second kappa shape index (κ2) is 9.33. The van der Waals surface area contributed by atoms with Crippen LogP contribution in [0.25, 0.3) is 16.7 Å². The third-order valence-corrected chi connectivity index (χ3v) is 8.17. The summed E-state index contributed by atoms with van der Waals surface area (Å²) in [7, 11) is -3.68. The maximum atomic E-state index is 13.2. The van der Waals surface area contributed by atoms with Crippen molar-refractivity contribution < 1.29 is 13.2 Å². The van der Waals surface area contributed by atoms with E-state index in [1.807, 2.05) is 65.2 Å². The molecule has 176 valence electrons. The Bertz CT molecular complexity index is 1520. The molecule has 1 aliphatic heterocycles. The van der Waals surface area contributed by atoms with Crippen molar-refractivity contribution >= 4 is 32.9 Å². The number of imidazole rings is 1. The van der Waals surface area contributed by atoms with Gasteiger partial charge in [-0.1, -0.05) is 30.3 Å². The lowest BCUT2D eigenvalue weighted by atomic mass is 9.97. The highest BCUT2D eigenvalue weighted by atomic mass is 32.2. The molecule has 3 aromatic carbocycles. The lowest BCUT2D eigenvalue weighted by molar-refractivity contribution is -0.121. The zero-order chi connectivity index (χ0) is 24.4. The Morgan fingerprint density at radius 2 is 1.60 bits per heavy atom. The van der Waals surface area contributed by atoms with Gasteiger partial charge in [0, 0.05) is 24.7 Å². The number of nitrogens with one attached hydrogen (secondary N) is 1. The molecular formula is C26H23N5O3S. The van der Waals surface area contributed by atoms with Gasteiger partial charge in [-0.25, -0.2) is 13.4 Å². The van der Waals surface area contributed by atoms with E-state index in [0.717, 1.165) is 16.7 Å². The summed E-state index contributed by atoms with van der Waals surface area (Å²) in [6.07, 6.45) is 0.819. The van der Waals surface area contributed by atoms with E-state index in [1.165, 1.54) is 28.6 Å². The van der Waals surface area contributed by atoms with Crippen molar-refractivity contribution in [1.82, 2.24) is 13.9 Å². The molecule has 0 radical (unpaired) electrons. The molecule has 1 saturated heterocycles. The Morgan fingerprint density at radius 3 is 2.29 bits per heavy atom. The number of carbonyl (C=O) groups excluding carboxylic acids is 1. The summed E-state index contributed by atoms with van der Waals surface area (Å²) in [6, 6.07) is 25.2. The Kier molecular flexibility index (Phi) is 6.07. The summed E-state index contributed by atoms with van der Waals surface area (Å²) >= 11 is 0. The van der Waals surface area contributed by atoms with Crippen molar-refractivity contribution in [3.63, 3.8) is 0 Å². The van der Waals surface area contributed by atoms with E-state index in [9.17, 15) is 13.2 Å². The van der Waals surface area contributed by atoms with Gasteiger partial charge in [0.05, 0.1) is 27.6 Å². The molecule has 0 aliphatic carbocycles. The maximum absolute atomic E-state index is 13.2. The number of anilines is 1. The Hall–Kier alpha value is -4.00. The summed E-state index contributed by atoms with van der Waals surface area (Å²) < 4.78 is 29.3. The molecule has 1 N–H and O–H groups in total. The van der Waals surface area contributed by atoms with E-state index < -0.39 is 10.0 Å². The molecular weight excluding hydrogens is 462 g/mol. The molecule has 1 aromatic heterocycles. The Labute approximate surface area is 203 Å². The van der Waals surface area contributed by atoms with Gasteiger partial charge in [0.2, 0.25) is 21.9 Å². The largest absolute Gasteiger partial charge is 0.295 e. The van der Waals surface area contributed by atoms with Crippen LogP contribution in [0.2, 0.25) is 0 Å². The number of nitriles is 1. The van der Waals surface area contributed by atoms with Crippen LogP contribution in [0.3, 0.4) is 0 Å². The highest BCUT2D eigenvalue weighted by Gasteiger charge is 2.32. The number of aromatic nitrogens is 2. The van der Waals surface area contributed by atoms with Gasteiger partial charge in [-0.15, -0.1) is 0 Å². The van der Waals surface area contributed by atoms with Gasteiger partial charge in [0.1, 0.15) is 0 Å². The molecule has 2 heterocycles. The minimum Gasteiger partial charge on any atom is -0.295 e. The number of fused-ring (bicyclic) bond motifs is 1. The van der Waals surface area contributed by atoms with Crippen molar-refractivity contribution in [3.8, 4) is 11.8 Å². The van der Waals surface area contributed by atoms with Crippen molar-refractivity contribution in [2.75, 3.05) is 18.4 Å². The standard InChI is InChI=1S/C26H23N5O3S/c27-18-19-10-12-22(13-11-19)35(33,34)30-16-14-20(15-17-30)25(32)29-26-28-23-8-4-5-9-24(23)31(26)21-6-2-1-3-7-21/h1-13,20H,14-17H2,(H,28,29,32). The molecule has 0 saturated carbocycles. The summed E-state index contributed by atoms with van der Waals surface area (Å²) in [5, 5.41) is 11.9. The van der Waals surface area contributed by atoms with Crippen molar-refractivity contribution in [2.45, 2.75) is 17.7 Å². The van der Waals surface area contributed by atoms with Crippen LogP contribution in [-0.2, 0) is 14.8 Å². The van der Waals surface area contributed by atoms with Crippen LogP contribution in [0.4, 0.5) is 5.95 Å². The molecule has 0 bridgehead atoms. The maximum Gasteiger partial charge on any atom is 0.243 e. The first-order valence-electron chi connectivity index (χ1n) is 11.3. The number of nitrogens with zero attached hydrogens (tertiary/aromatic N) is 4. The third kappa shape index (κ3) is 4.41. The van der Waals surface area contributed by atoms with Gasteiger partial charge in [-0.3, -0.25) is 14.7 Å². The van der Waals surface area contributed by atoms with Crippen molar-refractivity contribution in [1.29, 1.82) is 5.26 Å². The molecule has 0 spiro atoms. The number of amides is 1. The molecule has 1 fully saturated rings. The van der Waals surface area contributed by atoms with Gasteiger partial charge in [-0.05, 0) is 61.4 Å². The summed E-state index contributed by atoms with van der Waals surface area (Å²) in [4.78, 5) is 17.9. The molecule has 0 atom stereocenters. The van der Waals surface area contributed by atoms with Crippen LogP contribution >= 0.6 is 0 Å². The normalized spacial score (nSPS) is 15.1. The molecule has 5 rings (SSSR count). The van der Waals surface area contributed by atoms with E-state index in [1.54, 1.807) is 0 Å². The van der Waals surface area contributed by atoms with E-state index in [4.69, 9.17) is 5.26 Å². The minimum absolute atomic E-state index is 0.149. The number of para-hydroxylation sites is 3. The van der Waals surface area contributed by atoms with Crippen LogP contribution < -0.4 is 5.32 Å². The number of benzene rings is 3. The number of sulfonamides is 1. The summed E-state index contributed by atoms with van der Waals surface area (Å²) in [5.74, 6) is -0.0607. The van der Waals surface area contributed by atoms with Gasteiger partial charge in [0.25, 0.3) is 0 Å². The first-order chi connectivity index (χ1) is 17.0. The topological polar surface area (TPSA) is 108 Å². The van der Waals surface area contributed by atoms with Crippen LogP contribution in [0, 0.1) is 17.2 Å². The van der Waals surface area contributed by atoms with E-state index in [0.29, 0.717) is 24.4 Å². The Morgan fingerprint density at radius 1 is 0.943 bits per heavy atom. The average molecular weight is 486 g/mol. The SMILES string of the molecule is N#Cc1ccc(S(=O)(=O)N2CCC(C(=O)Nc3nc4ccccc4n3-c3ccccc3)CC2)cc1. The van der Waals surface area contributed by atoms with E-state index in [2.05, 4.69) is 10.3 Å². The number of rotatable bonds is 5. The highest BCUT2D eigenvalue weighted by Crippen LogP contribution is 2.28. The van der Waals surface area contributed by atoms with Gasteiger partial charge in [0.15, 0.2) is 0 Å². The summed E-state index contributed by atoms with van der Waals surface area (Å²) in [5.41, 5.74) is 2.95. The van der Waals surface area contributed by atoms with Crippen LogP contribution in [0.5, 0.6) is 0 Å². The van der Waals surface area contributed by atoms with Crippen molar-refractivity contribution in [3.05, 3.63) is 84.4 Å². The highest BCUT2D eigenvalue weighted by molar-refractivity contribution is 7.89. The quantitative estimate of drug-likeness (QED) is 0.461. The second-order valence-electron chi connectivity index (χ2n) is 8.40. The zero-order valence-electron chi connectivity index (χ0n) is 18.8. The molecule has 1 amide bonds. The van der Waals surface area contributed by atoms with Crippen LogP contribution in [0.1, 0.15) is 18.4 Å². The van der Waals surface area contributed by atoms with Gasteiger partial charge >= 0.3 is 0 Å². The number of piperidine rings is 1. The molecule has 4 aromatic rings. The fourth-order valence-corrected chi connectivity index (χ4v) is 5.84. The van der Waals surface area contributed by atoms with Gasteiger partial charge < -0.3 is 0 Å². The number of hydrogen-bond acceptors (Lipinski definition) is 5. The van der Waals surface area contributed by atoms with E-state index in [-0.39, 0.29) is 29.8 Å². The Balaban J connectivity index is 1.31. The molecule has 0 unspecified atom stereocenters. The number of hydrogen-bond donors (Lipinski definition) is 1. The minimum atomic E-state index is -3.68. The monoisotopic (exact) mass is 485 g/mol. The van der Waals surface area contributed by atoms with Crippen LogP contribution in [0.15, 0.2) is 83.8 Å². The lowest BCUT2D eigenvalue weighted by Crippen LogP contribution is -2.41. The van der Waals surface area contributed by atoms with Crippen LogP contribution in [-0.4, -0.2) is 41.3 Å². The summed E-state index contributed by atoms with van der Waals surface area (Å²) in [6.45, 7) is 0.491. The molecule has 1 aliphatic rings. The first-order valence-corrected chi connectivity index (χ1v) is 12.8. The van der Waals surface area contributed by atoms with Gasteiger partial charge in [-0.2, -0.15) is 9.57 Å².